The van der Waals surface area contributed by atoms with Crippen LogP contribution in [0.3, 0.4) is 0 Å². The van der Waals surface area contributed by atoms with Crippen molar-refractivity contribution in [1.29, 1.82) is 0 Å². The van der Waals surface area contributed by atoms with Gasteiger partial charge in [0.05, 0.1) is 12.8 Å². The maximum atomic E-state index is 5.72. The van der Waals surface area contributed by atoms with Gasteiger partial charge in [-0.25, -0.2) is 0 Å². The molecule has 13 heavy (non-hydrogen) atoms. The van der Waals surface area contributed by atoms with Crippen LogP contribution < -0.4 is 10.8 Å². The van der Waals surface area contributed by atoms with E-state index in [1.54, 1.807) is 7.11 Å². The van der Waals surface area contributed by atoms with E-state index in [1.165, 1.54) is 5.56 Å². The van der Waals surface area contributed by atoms with Gasteiger partial charge in [0.1, 0.15) is 0 Å². The fraction of sp³-hybridized carbons (Fsp3) is 0.400. The minimum atomic E-state index is 0.794. The van der Waals surface area contributed by atoms with E-state index in [-0.39, 0.29) is 0 Å². The van der Waals surface area contributed by atoms with Crippen LogP contribution in [0.25, 0.3) is 0 Å². The van der Waals surface area contributed by atoms with Crippen molar-refractivity contribution in [3.8, 4) is 0 Å². The summed E-state index contributed by atoms with van der Waals surface area (Å²) in [4.78, 5) is 5.25. The lowest BCUT2D eigenvalue weighted by molar-refractivity contribution is 0.161. The van der Waals surface area contributed by atoms with Crippen molar-refractivity contribution in [3.05, 3.63) is 23.8 Å². The van der Waals surface area contributed by atoms with Gasteiger partial charge in [0.2, 0.25) is 0 Å². The number of hydroxylamine groups is 1. The van der Waals surface area contributed by atoms with Gasteiger partial charge >= 0.3 is 0 Å². The average molecular weight is 178 g/mol. The molecule has 0 spiro atoms. The highest BCUT2D eigenvalue weighted by molar-refractivity contribution is 5.61. The van der Waals surface area contributed by atoms with E-state index in [0.29, 0.717) is 0 Å². The van der Waals surface area contributed by atoms with Crippen LogP contribution in [0.2, 0.25) is 0 Å². The Hall–Kier alpha value is -1.22. The molecule has 1 aromatic rings. The van der Waals surface area contributed by atoms with Crippen molar-refractivity contribution in [2.24, 2.45) is 0 Å². The number of rotatable bonds is 1. The average Bonchev–Trinajstić information content (AvgIpc) is 2.17. The number of anilines is 2. The molecule has 70 valence electrons. The Morgan fingerprint density at radius 1 is 1.46 bits per heavy atom. The topological polar surface area (TPSA) is 38.5 Å². The molecule has 1 heterocycles. The summed E-state index contributed by atoms with van der Waals surface area (Å²) < 4.78 is 0. The molecule has 1 aliphatic rings. The van der Waals surface area contributed by atoms with Gasteiger partial charge in [-0.3, -0.25) is 9.90 Å². The first kappa shape index (κ1) is 8.38. The molecule has 1 aliphatic heterocycles. The zero-order valence-electron chi connectivity index (χ0n) is 7.79. The van der Waals surface area contributed by atoms with Crippen molar-refractivity contribution >= 4 is 11.4 Å². The lowest BCUT2D eigenvalue weighted by atomic mass is 10.0. The number of benzene rings is 1. The Bertz CT molecular complexity index is 312. The number of hydrogen-bond donors (Lipinski definition) is 1. The maximum absolute atomic E-state index is 5.72. The highest BCUT2D eigenvalue weighted by Gasteiger charge is 2.16. The highest BCUT2D eigenvalue weighted by atomic mass is 16.7. The van der Waals surface area contributed by atoms with Crippen LogP contribution in [-0.2, 0) is 11.3 Å². The van der Waals surface area contributed by atoms with E-state index in [2.05, 4.69) is 6.07 Å². The van der Waals surface area contributed by atoms with Crippen LogP contribution in [0.4, 0.5) is 11.4 Å². The lowest BCUT2D eigenvalue weighted by Crippen LogP contribution is -2.28. The first-order valence-corrected chi connectivity index (χ1v) is 4.51. The van der Waals surface area contributed by atoms with Gasteiger partial charge in [0.15, 0.2) is 0 Å². The molecule has 1 aromatic carbocycles. The van der Waals surface area contributed by atoms with Crippen LogP contribution in [0, 0.1) is 0 Å². The van der Waals surface area contributed by atoms with Gasteiger partial charge in [-0.1, -0.05) is 6.07 Å². The van der Waals surface area contributed by atoms with Crippen LogP contribution in [0.1, 0.15) is 12.0 Å². The van der Waals surface area contributed by atoms with Crippen molar-refractivity contribution in [3.63, 3.8) is 0 Å². The summed E-state index contributed by atoms with van der Waals surface area (Å²) in [6, 6.07) is 5.99. The van der Waals surface area contributed by atoms with E-state index in [0.717, 1.165) is 30.8 Å². The number of nitrogen functional groups attached to an aromatic ring is 1. The molecule has 0 saturated heterocycles. The SMILES string of the molecule is CON1CCCc2ccc(N)cc21. The van der Waals surface area contributed by atoms with Crippen LogP contribution in [0.5, 0.6) is 0 Å². The Morgan fingerprint density at radius 2 is 2.31 bits per heavy atom. The molecule has 0 atom stereocenters. The molecule has 2 rings (SSSR count). The van der Waals surface area contributed by atoms with Crippen LogP contribution >= 0.6 is 0 Å². The molecule has 2 N–H and O–H groups in total. The molecule has 0 aromatic heterocycles. The number of nitrogens with zero attached hydrogens (tertiary/aromatic N) is 1. The minimum absolute atomic E-state index is 0.794. The van der Waals surface area contributed by atoms with Gasteiger partial charge in [-0.2, -0.15) is 0 Å². The lowest BCUT2D eigenvalue weighted by Gasteiger charge is -2.28. The van der Waals surface area contributed by atoms with Gasteiger partial charge in [0, 0.05) is 12.2 Å². The maximum Gasteiger partial charge on any atom is 0.0688 e. The Kier molecular flexibility index (Phi) is 2.10. The molecule has 0 unspecified atom stereocenters. The largest absolute Gasteiger partial charge is 0.399 e. The van der Waals surface area contributed by atoms with Crippen molar-refractivity contribution < 1.29 is 4.84 Å². The van der Waals surface area contributed by atoms with Gasteiger partial charge in [-0.15, -0.1) is 0 Å². The Morgan fingerprint density at radius 3 is 3.08 bits per heavy atom. The summed E-state index contributed by atoms with van der Waals surface area (Å²) in [7, 11) is 1.69. The Labute approximate surface area is 78.1 Å². The van der Waals surface area contributed by atoms with Crippen molar-refractivity contribution in [2.75, 3.05) is 24.5 Å². The number of fused-ring (bicyclic) bond motifs is 1. The predicted octanol–water partition coefficient (Wildman–Crippen LogP) is 1.58. The van der Waals surface area contributed by atoms with Crippen LogP contribution in [-0.4, -0.2) is 13.7 Å². The summed E-state index contributed by atoms with van der Waals surface area (Å²) in [6.07, 6.45) is 2.26. The highest BCUT2D eigenvalue weighted by Crippen LogP contribution is 2.28. The van der Waals surface area contributed by atoms with E-state index in [1.807, 2.05) is 17.2 Å². The summed E-state index contributed by atoms with van der Waals surface area (Å²) in [5.41, 5.74) is 8.95. The Balaban J connectivity index is 2.41. The smallest absolute Gasteiger partial charge is 0.0688 e. The fourth-order valence-electron chi connectivity index (χ4n) is 1.75. The van der Waals surface area contributed by atoms with Gasteiger partial charge < -0.3 is 5.73 Å². The molecular weight excluding hydrogens is 164 g/mol. The standard InChI is InChI=1S/C10H14N2O/c1-13-12-6-2-3-8-4-5-9(11)7-10(8)12/h4-5,7H,2-3,6,11H2,1H3. The predicted molar refractivity (Wildman–Crippen MR) is 53.5 cm³/mol. The van der Waals surface area contributed by atoms with E-state index >= 15 is 0 Å². The monoisotopic (exact) mass is 178 g/mol. The first-order valence-electron chi connectivity index (χ1n) is 4.51. The molecule has 0 aliphatic carbocycles. The third-order valence-corrected chi connectivity index (χ3v) is 2.41. The normalized spacial score (nSPS) is 15.6. The zero-order chi connectivity index (χ0) is 9.26. The molecule has 0 saturated carbocycles. The molecule has 0 fully saturated rings. The molecule has 0 bridgehead atoms. The summed E-state index contributed by atoms with van der Waals surface area (Å²) in [5, 5.41) is 1.90. The second-order valence-corrected chi connectivity index (χ2v) is 3.28. The van der Waals surface area contributed by atoms with Gasteiger partial charge in [-0.05, 0) is 30.5 Å². The number of aryl methyl sites for hydroxylation is 1. The quantitative estimate of drug-likeness (QED) is 0.663. The summed E-state index contributed by atoms with van der Waals surface area (Å²) in [6.45, 7) is 0.951. The summed E-state index contributed by atoms with van der Waals surface area (Å²) >= 11 is 0. The van der Waals surface area contributed by atoms with Crippen LogP contribution in [0.15, 0.2) is 18.2 Å². The van der Waals surface area contributed by atoms with Crippen molar-refractivity contribution in [1.82, 2.24) is 0 Å². The third kappa shape index (κ3) is 1.47. The van der Waals surface area contributed by atoms with E-state index in [4.69, 9.17) is 10.6 Å². The molecule has 0 amide bonds. The summed E-state index contributed by atoms with van der Waals surface area (Å²) in [5.74, 6) is 0. The van der Waals surface area contributed by atoms with Gasteiger partial charge in [0.25, 0.3) is 0 Å². The van der Waals surface area contributed by atoms with E-state index < -0.39 is 0 Å². The first-order chi connectivity index (χ1) is 6.31. The minimum Gasteiger partial charge on any atom is -0.399 e. The molecular formula is C10H14N2O. The van der Waals surface area contributed by atoms with Crippen molar-refractivity contribution in [2.45, 2.75) is 12.8 Å². The number of nitrogens with two attached hydrogens (primary N) is 1. The molecule has 3 nitrogen and oxygen atoms in total. The number of hydrogen-bond acceptors (Lipinski definition) is 3. The molecule has 3 heteroatoms. The van der Waals surface area contributed by atoms with E-state index in [9.17, 15) is 0 Å². The second kappa shape index (κ2) is 3.26. The zero-order valence-corrected chi connectivity index (χ0v) is 7.79. The second-order valence-electron chi connectivity index (χ2n) is 3.28. The fourth-order valence-corrected chi connectivity index (χ4v) is 1.75. The molecule has 0 radical (unpaired) electrons. The third-order valence-electron chi connectivity index (χ3n) is 2.41.